The van der Waals surface area contributed by atoms with Crippen molar-refractivity contribution in [3.8, 4) is 0 Å². The van der Waals surface area contributed by atoms with Gasteiger partial charge in [-0.3, -0.25) is 4.99 Å². The minimum atomic E-state index is 0.111. The molecule has 0 aliphatic carbocycles. The summed E-state index contributed by atoms with van der Waals surface area (Å²) in [4.78, 5) is 7.54. The quantitative estimate of drug-likeness (QED) is 0.475. The van der Waals surface area contributed by atoms with Gasteiger partial charge in [0.2, 0.25) is 11.9 Å². The number of guanidine groups is 2. The number of anilines is 1. The van der Waals surface area contributed by atoms with Crippen LogP contribution < -0.4 is 16.8 Å². The monoisotopic (exact) mass is 425 g/mol. The van der Waals surface area contributed by atoms with Gasteiger partial charge in [0.1, 0.15) is 0 Å². The Bertz CT molecular complexity index is 461. The van der Waals surface area contributed by atoms with Crippen molar-refractivity contribution in [2.75, 3.05) is 12.4 Å². The van der Waals surface area contributed by atoms with Gasteiger partial charge >= 0.3 is 0 Å². The van der Waals surface area contributed by atoms with E-state index in [0.29, 0.717) is 0 Å². The van der Waals surface area contributed by atoms with Gasteiger partial charge in [0, 0.05) is 20.5 Å². The zero-order chi connectivity index (χ0) is 13.0. The summed E-state index contributed by atoms with van der Waals surface area (Å²) in [6, 6.07) is 3.77. The lowest BCUT2D eigenvalue weighted by Gasteiger charge is -2.10. The molecule has 0 aliphatic heterocycles. The van der Waals surface area contributed by atoms with E-state index in [9.17, 15) is 0 Å². The number of rotatable bonds is 1. The Hall–Kier alpha value is -0.600. The van der Waals surface area contributed by atoms with E-state index in [1.54, 1.807) is 0 Å². The highest BCUT2D eigenvalue weighted by Gasteiger charge is 2.07. The molecule has 0 bridgehead atoms. The second kappa shape index (κ2) is 6.36. The second-order valence-corrected chi connectivity index (χ2v) is 5.57. The average Bonchev–Trinajstić information content (AvgIpc) is 2.23. The molecule has 17 heavy (non-hydrogen) atoms. The van der Waals surface area contributed by atoms with E-state index < -0.39 is 0 Å². The number of halogens is 3. The zero-order valence-corrected chi connectivity index (χ0v) is 13.6. The lowest BCUT2D eigenvalue weighted by molar-refractivity contribution is 1.34. The number of nitrogens with one attached hydrogen (secondary N) is 1. The van der Waals surface area contributed by atoms with Crippen molar-refractivity contribution in [2.24, 2.45) is 21.5 Å². The van der Waals surface area contributed by atoms with Gasteiger partial charge in [0.25, 0.3) is 0 Å². The van der Waals surface area contributed by atoms with Crippen molar-refractivity contribution in [1.29, 1.82) is 0 Å². The number of aliphatic imine (C=N–C) groups is 2. The van der Waals surface area contributed by atoms with Gasteiger partial charge in [-0.2, -0.15) is 4.99 Å². The summed E-state index contributed by atoms with van der Waals surface area (Å²) in [5, 5.41) is 2.92. The number of nitrogens with zero attached hydrogens (tertiary/aromatic N) is 2. The van der Waals surface area contributed by atoms with Crippen LogP contribution in [0.5, 0.6) is 0 Å². The summed E-state index contributed by atoms with van der Waals surface area (Å²) >= 11 is 10.2. The molecule has 0 saturated heterocycles. The maximum Gasteiger partial charge on any atom is 0.218 e. The predicted molar refractivity (Wildman–Crippen MR) is 82.3 cm³/mol. The van der Waals surface area contributed by atoms with Crippen LogP contribution in [-0.4, -0.2) is 19.0 Å². The van der Waals surface area contributed by atoms with Crippen LogP contribution in [0.2, 0.25) is 0 Å². The van der Waals surface area contributed by atoms with Crippen LogP contribution in [0.4, 0.5) is 5.69 Å². The largest absolute Gasteiger partial charge is 0.369 e. The average molecular weight is 428 g/mol. The van der Waals surface area contributed by atoms with E-state index in [1.807, 2.05) is 12.1 Å². The molecule has 0 heterocycles. The van der Waals surface area contributed by atoms with Crippen LogP contribution in [0, 0.1) is 0 Å². The maximum absolute atomic E-state index is 5.68. The maximum atomic E-state index is 5.68. The van der Waals surface area contributed by atoms with Crippen LogP contribution in [0.1, 0.15) is 0 Å². The molecule has 0 saturated carbocycles. The van der Waals surface area contributed by atoms with Gasteiger partial charge in [-0.25, -0.2) is 0 Å². The highest BCUT2D eigenvalue weighted by molar-refractivity contribution is 9.11. The molecular weight excluding hydrogens is 418 g/mol. The molecule has 1 rings (SSSR count). The first-order chi connectivity index (χ1) is 7.93. The molecule has 92 valence electrons. The highest BCUT2D eigenvalue weighted by Crippen LogP contribution is 2.34. The Morgan fingerprint density at radius 3 is 2.18 bits per heavy atom. The van der Waals surface area contributed by atoms with Crippen molar-refractivity contribution in [2.45, 2.75) is 0 Å². The summed E-state index contributed by atoms with van der Waals surface area (Å²) in [6.07, 6.45) is 0. The Balaban J connectivity index is 3.00. The predicted octanol–water partition coefficient (Wildman–Crippen LogP) is 2.65. The number of hydrogen-bond donors (Lipinski definition) is 3. The molecule has 0 aliphatic rings. The Labute approximate surface area is 124 Å². The van der Waals surface area contributed by atoms with Crippen LogP contribution in [0.25, 0.3) is 0 Å². The van der Waals surface area contributed by atoms with E-state index in [-0.39, 0.29) is 11.9 Å². The minimum Gasteiger partial charge on any atom is -0.369 e. The fourth-order valence-corrected chi connectivity index (χ4v) is 3.45. The molecule has 0 atom stereocenters. The summed E-state index contributed by atoms with van der Waals surface area (Å²) in [5.74, 6) is 0.274. The second-order valence-electron chi connectivity index (χ2n) is 2.95. The lowest BCUT2D eigenvalue weighted by atomic mass is 10.3. The summed E-state index contributed by atoms with van der Waals surface area (Å²) in [6.45, 7) is 0. The molecule has 0 amide bonds. The van der Waals surface area contributed by atoms with E-state index in [0.717, 1.165) is 19.1 Å². The van der Waals surface area contributed by atoms with Gasteiger partial charge in [-0.05, 0) is 44.0 Å². The summed E-state index contributed by atoms with van der Waals surface area (Å²) in [5.41, 5.74) is 11.9. The van der Waals surface area contributed by atoms with Crippen LogP contribution in [0.3, 0.4) is 0 Å². The third kappa shape index (κ3) is 4.29. The summed E-state index contributed by atoms with van der Waals surface area (Å²) < 4.78 is 2.61. The van der Waals surface area contributed by atoms with E-state index in [4.69, 9.17) is 11.5 Å². The molecule has 0 fully saturated rings. The first kappa shape index (κ1) is 14.5. The van der Waals surface area contributed by atoms with Crippen molar-refractivity contribution < 1.29 is 0 Å². The lowest BCUT2D eigenvalue weighted by Crippen LogP contribution is -2.26. The minimum absolute atomic E-state index is 0.111. The number of benzene rings is 1. The van der Waals surface area contributed by atoms with Crippen LogP contribution >= 0.6 is 47.8 Å². The number of nitrogens with two attached hydrogens (primary N) is 2. The molecule has 5 nitrogen and oxygen atoms in total. The SMILES string of the molecule is CN=C(N)N=C(N)Nc1c(Br)cc(Br)cc1Br. The molecule has 0 unspecified atom stereocenters. The first-order valence-electron chi connectivity index (χ1n) is 4.42. The van der Waals surface area contributed by atoms with Crippen molar-refractivity contribution >= 4 is 65.4 Å². The molecular formula is C9H10Br3N5. The van der Waals surface area contributed by atoms with Gasteiger partial charge in [0.15, 0.2) is 0 Å². The molecule has 0 aromatic heterocycles. The Morgan fingerprint density at radius 1 is 1.18 bits per heavy atom. The molecule has 1 aromatic carbocycles. The van der Waals surface area contributed by atoms with Gasteiger partial charge in [0.05, 0.1) is 5.69 Å². The fourth-order valence-electron chi connectivity index (χ4n) is 0.991. The normalized spacial score (nSPS) is 12.7. The Morgan fingerprint density at radius 2 is 1.71 bits per heavy atom. The Kier molecular flexibility index (Phi) is 5.41. The van der Waals surface area contributed by atoms with Crippen molar-refractivity contribution in [3.63, 3.8) is 0 Å². The zero-order valence-electron chi connectivity index (χ0n) is 8.84. The topological polar surface area (TPSA) is 88.8 Å². The van der Waals surface area contributed by atoms with Gasteiger partial charge < -0.3 is 16.8 Å². The van der Waals surface area contributed by atoms with Crippen molar-refractivity contribution in [3.05, 3.63) is 25.6 Å². The van der Waals surface area contributed by atoms with E-state index in [2.05, 4.69) is 63.1 Å². The standard InChI is InChI=1S/C9H10Br3N5/c1-15-8(13)17-9(14)16-7-5(11)2-4(10)3-6(7)12/h2-3H,1H3,(H5,13,14,15,16,17). The third-order valence-electron chi connectivity index (χ3n) is 1.72. The first-order valence-corrected chi connectivity index (χ1v) is 6.80. The summed E-state index contributed by atoms with van der Waals surface area (Å²) in [7, 11) is 1.54. The smallest absolute Gasteiger partial charge is 0.218 e. The molecule has 0 spiro atoms. The van der Waals surface area contributed by atoms with E-state index in [1.165, 1.54) is 7.05 Å². The third-order valence-corrected chi connectivity index (χ3v) is 3.43. The molecule has 0 radical (unpaired) electrons. The highest BCUT2D eigenvalue weighted by atomic mass is 79.9. The van der Waals surface area contributed by atoms with Gasteiger partial charge in [-0.15, -0.1) is 0 Å². The fraction of sp³-hybridized carbons (Fsp3) is 0.111. The number of hydrogen-bond acceptors (Lipinski definition) is 1. The van der Waals surface area contributed by atoms with Crippen LogP contribution in [0.15, 0.2) is 35.5 Å². The molecule has 8 heteroatoms. The molecule has 1 aromatic rings. The molecule has 5 N–H and O–H groups in total. The van der Waals surface area contributed by atoms with Gasteiger partial charge in [-0.1, -0.05) is 15.9 Å². The van der Waals surface area contributed by atoms with Crippen LogP contribution in [-0.2, 0) is 0 Å². The van der Waals surface area contributed by atoms with Crippen molar-refractivity contribution in [1.82, 2.24) is 0 Å². The van der Waals surface area contributed by atoms with E-state index >= 15 is 0 Å².